The molecule has 4 aliphatic heterocycles. The van der Waals surface area contributed by atoms with E-state index in [1.54, 1.807) is 4.90 Å². The Kier molecular flexibility index (Phi) is 6.08. The average molecular weight is 435 g/mol. The standard InChI is InChI=1S/C25H30N4O3/c30-24(19-9-13-32-14-10-19)28-11-7-18(8-12-28)20-5-6-23(26-15-20)27-25(31)29-16-21-3-1-2-4-22(21)17-29/h1-7,19-20H,8-17H2,(H,26,27,31). The minimum absolute atomic E-state index is 0.109. The third-order valence-corrected chi connectivity index (χ3v) is 6.91. The average Bonchev–Trinajstić information content (AvgIpc) is 3.29. The molecule has 1 unspecified atom stereocenters. The van der Waals surface area contributed by atoms with Crippen LogP contribution < -0.4 is 5.32 Å². The van der Waals surface area contributed by atoms with Gasteiger partial charge < -0.3 is 14.5 Å². The van der Waals surface area contributed by atoms with Gasteiger partial charge in [-0.3, -0.25) is 15.1 Å². The van der Waals surface area contributed by atoms with Crippen LogP contribution in [0.1, 0.15) is 30.4 Å². The first-order valence-corrected chi connectivity index (χ1v) is 11.6. The lowest BCUT2D eigenvalue weighted by atomic mass is 9.91. The Balaban J connectivity index is 1.11. The van der Waals surface area contributed by atoms with Crippen molar-refractivity contribution >= 4 is 17.8 Å². The number of benzene rings is 1. The van der Waals surface area contributed by atoms with E-state index in [4.69, 9.17) is 4.74 Å². The molecule has 1 saturated heterocycles. The summed E-state index contributed by atoms with van der Waals surface area (Å²) < 4.78 is 5.38. The van der Waals surface area contributed by atoms with Crippen molar-refractivity contribution < 1.29 is 14.3 Å². The first-order chi connectivity index (χ1) is 15.7. The molecule has 1 atom stereocenters. The van der Waals surface area contributed by atoms with Gasteiger partial charge in [0.05, 0.1) is 6.54 Å². The number of fused-ring (bicyclic) bond motifs is 1. The first kappa shape index (κ1) is 20.9. The summed E-state index contributed by atoms with van der Waals surface area (Å²) in [6, 6.07) is 8.05. The van der Waals surface area contributed by atoms with Crippen LogP contribution in [-0.4, -0.2) is 60.4 Å². The predicted molar refractivity (Wildman–Crippen MR) is 122 cm³/mol. The first-order valence-electron chi connectivity index (χ1n) is 11.6. The Morgan fingerprint density at radius 2 is 1.81 bits per heavy atom. The van der Waals surface area contributed by atoms with Crippen molar-refractivity contribution in [3.63, 3.8) is 0 Å². The molecular weight excluding hydrogens is 404 g/mol. The van der Waals surface area contributed by atoms with E-state index >= 15 is 0 Å². The third kappa shape index (κ3) is 4.48. The van der Waals surface area contributed by atoms with Gasteiger partial charge in [0.15, 0.2) is 0 Å². The predicted octanol–water partition coefficient (Wildman–Crippen LogP) is 2.88. The van der Waals surface area contributed by atoms with Gasteiger partial charge in [-0.05, 0) is 36.5 Å². The van der Waals surface area contributed by atoms with Gasteiger partial charge >= 0.3 is 6.03 Å². The number of aliphatic imine (C=N–C) groups is 1. The Morgan fingerprint density at radius 1 is 1.06 bits per heavy atom. The van der Waals surface area contributed by atoms with E-state index in [1.165, 1.54) is 16.7 Å². The number of rotatable bonds is 2. The van der Waals surface area contributed by atoms with E-state index < -0.39 is 0 Å². The third-order valence-electron chi connectivity index (χ3n) is 6.91. The SMILES string of the molecule is O=C(NC1=NCC(C2=CCN(C(=O)C3CCOCC3)CC2)C=C1)N1Cc2ccccc2C1. The van der Waals surface area contributed by atoms with Crippen molar-refractivity contribution in [3.05, 3.63) is 59.2 Å². The zero-order valence-electron chi connectivity index (χ0n) is 18.3. The van der Waals surface area contributed by atoms with Gasteiger partial charge in [0.2, 0.25) is 5.91 Å². The highest BCUT2D eigenvalue weighted by Gasteiger charge is 2.29. The second-order valence-corrected chi connectivity index (χ2v) is 8.95. The summed E-state index contributed by atoms with van der Waals surface area (Å²) in [6.07, 6.45) is 8.79. The molecule has 7 heteroatoms. The number of carbonyl (C=O) groups excluding carboxylic acids is 2. The second-order valence-electron chi connectivity index (χ2n) is 8.95. The van der Waals surface area contributed by atoms with Crippen LogP contribution in [0.5, 0.6) is 0 Å². The number of hydrogen-bond acceptors (Lipinski definition) is 4. The minimum Gasteiger partial charge on any atom is -0.381 e. The molecule has 0 aliphatic carbocycles. The van der Waals surface area contributed by atoms with Crippen LogP contribution >= 0.6 is 0 Å². The number of amides is 3. The number of ether oxygens (including phenoxy) is 1. The fourth-order valence-electron chi connectivity index (χ4n) is 4.93. The highest BCUT2D eigenvalue weighted by molar-refractivity contribution is 6.04. The normalized spacial score (nSPS) is 23.4. The minimum atomic E-state index is -0.109. The molecule has 4 heterocycles. The van der Waals surface area contributed by atoms with Crippen LogP contribution in [0.4, 0.5) is 4.79 Å². The molecule has 1 N–H and O–H groups in total. The maximum absolute atomic E-state index is 12.7. The van der Waals surface area contributed by atoms with Crippen LogP contribution in [0, 0.1) is 11.8 Å². The summed E-state index contributed by atoms with van der Waals surface area (Å²) in [6.45, 7) is 4.74. The van der Waals surface area contributed by atoms with Gasteiger partial charge in [-0.1, -0.05) is 42.0 Å². The monoisotopic (exact) mass is 434 g/mol. The number of carbonyl (C=O) groups is 2. The molecule has 1 aromatic carbocycles. The molecular formula is C25H30N4O3. The number of nitrogens with zero attached hydrogens (tertiary/aromatic N) is 3. The number of amidine groups is 1. The van der Waals surface area contributed by atoms with E-state index in [9.17, 15) is 9.59 Å². The maximum atomic E-state index is 12.7. The van der Waals surface area contributed by atoms with Crippen molar-refractivity contribution in [2.24, 2.45) is 16.8 Å². The number of nitrogens with one attached hydrogen (secondary N) is 1. The Bertz CT molecular complexity index is 952. The van der Waals surface area contributed by atoms with Gasteiger partial charge in [-0.25, -0.2) is 4.79 Å². The van der Waals surface area contributed by atoms with Gasteiger partial charge in [-0.15, -0.1) is 0 Å². The zero-order valence-corrected chi connectivity index (χ0v) is 18.3. The molecule has 0 bridgehead atoms. The van der Waals surface area contributed by atoms with Gasteiger partial charge in [-0.2, -0.15) is 0 Å². The molecule has 0 radical (unpaired) electrons. The van der Waals surface area contributed by atoms with Crippen LogP contribution in [0.25, 0.3) is 0 Å². The summed E-state index contributed by atoms with van der Waals surface area (Å²) >= 11 is 0. The van der Waals surface area contributed by atoms with Gasteiger partial charge in [0.1, 0.15) is 5.84 Å². The molecule has 3 amide bonds. The fourth-order valence-corrected chi connectivity index (χ4v) is 4.93. The lowest BCUT2D eigenvalue weighted by Crippen LogP contribution is -2.42. The maximum Gasteiger partial charge on any atom is 0.323 e. The lowest BCUT2D eigenvalue weighted by Gasteiger charge is -2.33. The summed E-state index contributed by atoms with van der Waals surface area (Å²) in [5.41, 5.74) is 3.75. The van der Waals surface area contributed by atoms with E-state index in [0.717, 1.165) is 25.8 Å². The van der Waals surface area contributed by atoms with E-state index in [1.807, 2.05) is 23.1 Å². The molecule has 168 valence electrons. The number of hydrogen-bond donors (Lipinski definition) is 1. The molecule has 7 nitrogen and oxygen atoms in total. The van der Waals surface area contributed by atoms with Crippen molar-refractivity contribution in [1.82, 2.24) is 15.1 Å². The van der Waals surface area contributed by atoms with E-state index in [2.05, 4.69) is 34.6 Å². The van der Waals surface area contributed by atoms with Crippen LogP contribution in [-0.2, 0) is 22.6 Å². The molecule has 0 saturated carbocycles. The van der Waals surface area contributed by atoms with Crippen molar-refractivity contribution in [2.45, 2.75) is 32.4 Å². The highest BCUT2D eigenvalue weighted by atomic mass is 16.5. The Hall–Kier alpha value is -2.93. The summed E-state index contributed by atoms with van der Waals surface area (Å²) in [5.74, 6) is 1.25. The topological polar surface area (TPSA) is 74.2 Å². The summed E-state index contributed by atoms with van der Waals surface area (Å²) in [5, 5.41) is 2.95. The van der Waals surface area contributed by atoms with Crippen molar-refractivity contribution in [2.75, 3.05) is 32.8 Å². The Morgan fingerprint density at radius 3 is 2.44 bits per heavy atom. The molecule has 5 rings (SSSR count). The fraction of sp³-hybridized carbons (Fsp3) is 0.480. The molecule has 0 aromatic heterocycles. The largest absolute Gasteiger partial charge is 0.381 e. The van der Waals surface area contributed by atoms with E-state index in [-0.39, 0.29) is 23.8 Å². The van der Waals surface area contributed by atoms with E-state index in [0.29, 0.717) is 45.2 Å². The number of dihydropyridines is 1. The lowest BCUT2D eigenvalue weighted by molar-refractivity contribution is -0.138. The highest BCUT2D eigenvalue weighted by Crippen LogP contribution is 2.26. The van der Waals surface area contributed by atoms with Crippen LogP contribution in [0.2, 0.25) is 0 Å². The van der Waals surface area contributed by atoms with Crippen LogP contribution in [0.15, 0.2) is 53.1 Å². The molecule has 1 fully saturated rings. The van der Waals surface area contributed by atoms with Gasteiger partial charge in [0, 0.05) is 51.2 Å². The molecule has 4 aliphatic rings. The Labute approximate surface area is 188 Å². The van der Waals surface area contributed by atoms with Crippen LogP contribution in [0.3, 0.4) is 0 Å². The molecule has 1 aromatic rings. The quantitative estimate of drug-likeness (QED) is 0.728. The van der Waals surface area contributed by atoms with Crippen molar-refractivity contribution in [3.8, 4) is 0 Å². The zero-order chi connectivity index (χ0) is 21.9. The van der Waals surface area contributed by atoms with Gasteiger partial charge in [0.25, 0.3) is 0 Å². The molecule has 0 spiro atoms. The summed E-state index contributed by atoms with van der Waals surface area (Å²) in [4.78, 5) is 33.8. The smallest absolute Gasteiger partial charge is 0.323 e. The second kappa shape index (κ2) is 9.28. The van der Waals surface area contributed by atoms with Crippen molar-refractivity contribution in [1.29, 1.82) is 0 Å². The number of urea groups is 1. The molecule has 32 heavy (non-hydrogen) atoms. The summed E-state index contributed by atoms with van der Waals surface area (Å²) in [7, 11) is 0.